The van der Waals surface area contributed by atoms with Crippen LogP contribution in [0, 0.1) is 5.82 Å². The molecular weight excluding hydrogens is 283 g/mol. The molecule has 0 bridgehead atoms. The molecule has 0 radical (unpaired) electrons. The molecule has 116 valence electrons. The number of aliphatic hydroxyl groups is 1. The van der Waals surface area contributed by atoms with E-state index in [9.17, 15) is 14.3 Å². The van der Waals surface area contributed by atoms with Gasteiger partial charge < -0.3 is 10.4 Å². The number of amides is 1. The summed E-state index contributed by atoms with van der Waals surface area (Å²) < 4.78 is 13.5. The number of benzene rings is 1. The summed E-state index contributed by atoms with van der Waals surface area (Å²) in [6, 6.07) is 5.77. The fourth-order valence-corrected chi connectivity index (χ4v) is 2.53. The quantitative estimate of drug-likeness (QED) is 0.892. The first-order chi connectivity index (χ1) is 10.6. The fourth-order valence-electron chi connectivity index (χ4n) is 2.53. The van der Waals surface area contributed by atoms with Gasteiger partial charge in [-0.15, -0.1) is 0 Å². The molecule has 1 atom stereocenters. The van der Waals surface area contributed by atoms with Gasteiger partial charge in [-0.1, -0.05) is 6.92 Å². The SMILES string of the molecule is CCC(CO)NC(=O)c1cc(C2CC2)nc2ccc(F)cc12. The third-order valence-corrected chi connectivity index (χ3v) is 4.08. The number of hydrogen-bond donors (Lipinski definition) is 2. The molecule has 1 amide bonds. The largest absolute Gasteiger partial charge is 0.394 e. The van der Waals surface area contributed by atoms with Gasteiger partial charge in [0, 0.05) is 17.0 Å². The van der Waals surface area contributed by atoms with Crippen LogP contribution in [0.15, 0.2) is 24.3 Å². The maximum absolute atomic E-state index is 13.5. The van der Waals surface area contributed by atoms with Gasteiger partial charge in [0.25, 0.3) is 5.91 Å². The van der Waals surface area contributed by atoms with Gasteiger partial charge in [-0.2, -0.15) is 0 Å². The van der Waals surface area contributed by atoms with Crippen LogP contribution in [-0.4, -0.2) is 28.6 Å². The molecule has 1 heterocycles. The number of nitrogens with one attached hydrogen (secondary N) is 1. The molecule has 1 fully saturated rings. The number of aliphatic hydroxyl groups excluding tert-OH is 1. The Bertz CT molecular complexity index is 709. The number of carbonyl (C=O) groups is 1. The van der Waals surface area contributed by atoms with Crippen LogP contribution in [0.1, 0.15) is 48.2 Å². The first-order valence-electron chi connectivity index (χ1n) is 7.64. The van der Waals surface area contributed by atoms with Gasteiger partial charge in [0.05, 0.1) is 23.7 Å². The Morgan fingerprint density at radius 1 is 1.45 bits per heavy atom. The first kappa shape index (κ1) is 14.9. The van der Waals surface area contributed by atoms with Crippen molar-refractivity contribution in [2.75, 3.05) is 6.61 Å². The Labute approximate surface area is 128 Å². The third kappa shape index (κ3) is 2.95. The lowest BCUT2D eigenvalue weighted by molar-refractivity contribution is 0.0916. The summed E-state index contributed by atoms with van der Waals surface area (Å²) in [7, 11) is 0. The number of fused-ring (bicyclic) bond motifs is 1. The minimum absolute atomic E-state index is 0.116. The highest BCUT2D eigenvalue weighted by molar-refractivity contribution is 6.06. The van der Waals surface area contributed by atoms with Crippen LogP contribution in [0.5, 0.6) is 0 Å². The Morgan fingerprint density at radius 2 is 2.23 bits per heavy atom. The molecular formula is C17H19FN2O2. The minimum Gasteiger partial charge on any atom is -0.394 e. The maximum Gasteiger partial charge on any atom is 0.252 e. The van der Waals surface area contributed by atoms with E-state index in [1.807, 2.05) is 6.92 Å². The summed E-state index contributed by atoms with van der Waals surface area (Å²) in [5, 5.41) is 12.5. The van der Waals surface area contributed by atoms with Crippen LogP contribution < -0.4 is 5.32 Å². The number of aromatic nitrogens is 1. The van der Waals surface area contributed by atoms with Gasteiger partial charge in [-0.3, -0.25) is 9.78 Å². The highest BCUT2D eigenvalue weighted by atomic mass is 19.1. The molecule has 0 aliphatic heterocycles. The van der Waals surface area contributed by atoms with E-state index >= 15 is 0 Å². The zero-order valence-electron chi connectivity index (χ0n) is 12.5. The van der Waals surface area contributed by atoms with Crippen molar-refractivity contribution in [1.82, 2.24) is 10.3 Å². The van der Waals surface area contributed by atoms with E-state index in [0.717, 1.165) is 18.5 Å². The summed E-state index contributed by atoms with van der Waals surface area (Å²) in [6.45, 7) is 1.77. The number of carbonyl (C=O) groups excluding carboxylic acids is 1. The number of rotatable bonds is 5. The lowest BCUT2D eigenvalue weighted by Crippen LogP contribution is -2.37. The van der Waals surface area contributed by atoms with Crippen molar-refractivity contribution in [2.24, 2.45) is 0 Å². The van der Waals surface area contributed by atoms with Crippen molar-refractivity contribution in [3.8, 4) is 0 Å². The summed E-state index contributed by atoms with van der Waals surface area (Å²) in [4.78, 5) is 17.1. The summed E-state index contributed by atoms with van der Waals surface area (Å²) >= 11 is 0. The molecule has 5 heteroatoms. The zero-order valence-corrected chi connectivity index (χ0v) is 12.5. The van der Waals surface area contributed by atoms with Gasteiger partial charge >= 0.3 is 0 Å². The maximum atomic E-state index is 13.5. The Morgan fingerprint density at radius 3 is 2.86 bits per heavy atom. The predicted octanol–water partition coefficient (Wildman–Crippen LogP) is 2.75. The smallest absolute Gasteiger partial charge is 0.252 e. The lowest BCUT2D eigenvalue weighted by Gasteiger charge is -2.15. The predicted molar refractivity (Wildman–Crippen MR) is 82.3 cm³/mol. The molecule has 1 unspecified atom stereocenters. The molecule has 1 saturated carbocycles. The fraction of sp³-hybridized carbons (Fsp3) is 0.412. The van der Waals surface area contributed by atoms with E-state index in [0.29, 0.717) is 28.8 Å². The second-order valence-electron chi connectivity index (χ2n) is 5.79. The van der Waals surface area contributed by atoms with E-state index in [2.05, 4.69) is 10.3 Å². The average Bonchev–Trinajstić information content (AvgIpc) is 3.36. The van der Waals surface area contributed by atoms with Gasteiger partial charge in [-0.05, 0) is 43.5 Å². The van der Waals surface area contributed by atoms with Crippen molar-refractivity contribution < 1.29 is 14.3 Å². The monoisotopic (exact) mass is 302 g/mol. The average molecular weight is 302 g/mol. The third-order valence-electron chi connectivity index (χ3n) is 4.08. The molecule has 1 aliphatic rings. The van der Waals surface area contributed by atoms with Crippen LogP contribution in [0.4, 0.5) is 4.39 Å². The first-order valence-corrected chi connectivity index (χ1v) is 7.64. The second kappa shape index (κ2) is 6.01. The van der Waals surface area contributed by atoms with Gasteiger partial charge in [-0.25, -0.2) is 4.39 Å². The van der Waals surface area contributed by atoms with Crippen LogP contribution in [0.3, 0.4) is 0 Å². The molecule has 22 heavy (non-hydrogen) atoms. The summed E-state index contributed by atoms with van der Waals surface area (Å²) in [6.07, 6.45) is 2.79. The molecule has 0 spiro atoms. The van der Waals surface area contributed by atoms with Crippen LogP contribution in [-0.2, 0) is 0 Å². The van der Waals surface area contributed by atoms with Crippen LogP contribution in [0.25, 0.3) is 10.9 Å². The van der Waals surface area contributed by atoms with E-state index in [1.165, 1.54) is 12.1 Å². The summed E-state index contributed by atoms with van der Waals surface area (Å²) in [5.74, 6) is -0.279. The number of nitrogens with zero attached hydrogens (tertiary/aromatic N) is 1. The standard InChI is InChI=1S/C17H19FN2O2/c1-2-12(9-21)19-17(22)14-8-16(10-3-4-10)20-15-6-5-11(18)7-13(14)15/h5-8,10,12,21H,2-4,9H2,1H3,(H,19,22). The minimum atomic E-state index is -0.392. The molecule has 2 aromatic rings. The van der Waals surface area contributed by atoms with Crippen molar-refractivity contribution in [3.63, 3.8) is 0 Å². The van der Waals surface area contributed by atoms with Gasteiger partial charge in [0.15, 0.2) is 0 Å². The van der Waals surface area contributed by atoms with E-state index in [4.69, 9.17) is 0 Å². The normalized spacial score (nSPS) is 15.8. The van der Waals surface area contributed by atoms with E-state index < -0.39 is 5.82 Å². The molecule has 4 nitrogen and oxygen atoms in total. The second-order valence-corrected chi connectivity index (χ2v) is 5.79. The molecule has 1 aromatic carbocycles. The van der Waals surface area contributed by atoms with E-state index in [-0.39, 0.29) is 18.6 Å². The Balaban J connectivity index is 2.05. The zero-order chi connectivity index (χ0) is 15.7. The highest BCUT2D eigenvalue weighted by Gasteiger charge is 2.27. The van der Waals surface area contributed by atoms with Gasteiger partial charge in [0.1, 0.15) is 5.82 Å². The molecule has 2 N–H and O–H groups in total. The Hall–Kier alpha value is -2.01. The van der Waals surface area contributed by atoms with Crippen LogP contribution >= 0.6 is 0 Å². The van der Waals surface area contributed by atoms with Crippen molar-refractivity contribution in [1.29, 1.82) is 0 Å². The van der Waals surface area contributed by atoms with E-state index in [1.54, 1.807) is 12.1 Å². The molecule has 1 aromatic heterocycles. The lowest BCUT2D eigenvalue weighted by atomic mass is 10.0. The number of halogens is 1. The van der Waals surface area contributed by atoms with Crippen molar-refractivity contribution in [3.05, 3.63) is 41.3 Å². The summed E-state index contributed by atoms with van der Waals surface area (Å²) in [5.41, 5.74) is 1.95. The van der Waals surface area contributed by atoms with Crippen molar-refractivity contribution >= 4 is 16.8 Å². The topological polar surface area (TPSA) is 62.2 Å². The molecule has 1 aliphatic carbocycles. The molecule has 3 rings (SSSR count). The van der Waals surface area contributed by atoms with Gasteiger partial charge in [0.2, 0.25) is 0 Å². The number of hydrogen-bond acceptors (Lipinski definition) is 3. The van der Waals surface area contributed by atoms with Crippen LogP contribution in [0.2, 0.25) is 0 Å². The molecule has 0 saturated heterocycles. The number of pyridine rings is 1. The highest BCUT2D eigenvalue weighted by Crippen LogP contribution is 2.40. The van der Waals surface area contributed by atoms with Crippen molar-refractivity contribution in [2.45, 2.75) is 38.1 Å². The Kier molecular flexibility index (Phi) is 4.07.